The first-order valence-corrected chi connectivity index (χ1v) is 4.59. The van der Waals surface area contributed by atoms with E-state index in [-0.39, 0.29) is 6.04 Å². The Morgan fingerprint density at radius 2 is 2.08 bits per heavy atom. The van der Waals surface area contributed by atoms with E-state index < -0.39 is 0 Å². The van der Waals surface area contributed by atoms with Crippen molar-refractivity contribution in [2.75, 3.05) is 0 Å². The van der Waals surface area contributed by atoms with E-state index in [2.05, 4.69) is 4.99 Å². The van der Waals surface area contributed by atoms with Crippen LogP contribution < -0.4 is 5.73 Å². The molecule has 2 aliphatic rings. The second-order valence-electron chi connectivity index (χ2n) is 3.77. The van der Waals surface area contributed by atoms with Gasteiger partial charge in [-0.1, -0.05) is 0 Å². The van der Waals surface area contributed by atoms with E-state index in [4.69, 9.17) is 5.73 Å². The molecule has 2 rings (SSSR count). The Morgan fingerprint density at radius 3 is 2.92 bits per heavy atom. The maximum atomic E-state index is 11.1. The highest BCUT2D eigenvalue weighted by atomic mass is 16.1. The first kappa shape index (κ1) is 7.77. The molecule has 0 amide bonds. The van der Waals surface area contributed by atoms with Crippen molar-refractivity contribution < 1.29 is 4.79 Å². The lowest BCUT2D eigenvalue weighted by atomic mass is 9.80. The number of fused-ring (bicyclic) bond motifs is 1. The topological polar surface area (TPSA) is 55.4 Å². The van der Waals surface area contributed by atoms with Crippen LogP contribution in [0.2, 0.25) is 0 Å². The van der Waals surface area contributed by atoms with Gasteiger partial charge in [0.2, 0.25) is 0 Å². The van der Waals surface area contributed by atoms with Gasteiger partial charge in [0.15, 0.2) is 0 Å². The maximum Gasteiger partial charge on any atom is 0.135 e. The van der Waals surface area contributed by atoms with Crippen LogP contribution in [0.15, 0.2) is 4.99 Å². The number of hydrogen-bond donors (Lipinski definition) is 1. The molecule has 1 heterocycles. The fraction of sp³-hybridized carbons (Fsp3) is 0.778. The molecular formula is C9H14N2O. The minimum atomic E-state index is 0.222. The van der Waals surface area contributed by atoms with Crippen molar-refractivity contribution in [2.24, 2.45) is 16.6 Å². The third-order valence-corrected chi connectivity index (χ3v) is 2.88. The van der Waals surface area contributed by atoms with Crippen LogP contribution in [0.3, 0.4) is 0 Å². The molecule has 2 atom stereocenters. The first-order chi connectivity index (χ1) is 5.75. The summed E-state index contributed by atoms with van der Waals surface area (Å²) in [6.45, 7) is 0. The van der Waals surface area contributed by atoms with Crippen LogP contribution in [0.1, 0.15) is 32.1 Å². The second kappa shape index (κ2) is 2.88. The van der Waals surface area contributed by atoms with Gasteiger partial charge in [0.25, 0.3) is 0 Å². The number of carbonyl (C=O) groups is 1. The molecule has 2 N–H and O–H groups in total. The smallest absolute Gasteiger partial charge is 0.135 e. The lowest BCUT2D eigenvalue weighted by molar-refractivity contribution is -0.121. The van der Waals surface area contributed by atoms with Gasteiger partial charge in [-0.2, -0.15) is 0 Å². The molecule has 0 aromatic rings. The monoisotopic (exact) mass is 166 g/mol. The molecule has 0 spiro atoms. The SMILES string of the molecule is NC1=NC2CC(=O)CCC2CC1. The van der Waals surface area contributed by atoms with Gasteiger partial charge in [-0.15, -0.1) is 0 Å². The van der Waals surface area contributed by atoms with Crippen molar-refractivity contribution in [1.82, 2.24) is 0 Å². The van der Waals surface area contributed by atoms with Gasteiger partial charge in [0, 0.05) is 19.3 Å². The van der Waals surface area contributed by atoms with Crippen molar-refractivity contribution in [3.63, 3.8) is 0 Å². The Hall–Kier alpha value is -0.860. The number of hydrogen-bond acceptors (Lipinski definition) is 3. The minimum Gasteiger partial charge on any atom is -0.387 e. The molecule has 0 aromatic carbocycles. The zero-order valence-electron chi connectivity index (χ0n) is 7.12. The van der Waals surface area contributed by atoms with Gasteiger partial charge in [-0.3, -0.25) is 9.79 Å². The molecule has 0 aromatic heterocycles. The van der Waals surface area contributed by atoms with Crippen LogP contribution >= 0.6 is 0 Å². The predicted molar refractivity (Wildman–Crippen MR) is 47.0 cm³/mol. The number of rotatable bonds is 0. The Labute approximate surface area is 72.0 Å². The van der Waals surface area contributed by atoms with Crippen molar-refractivity contribution in [1.29, 1.82) is 0 Å². The van der Waals surface area contributed by atoms with Crippen LogP contribution in [0.5, 0.6) is 0 Å². The second-order valence-corrected chi connectivity index (χ2v) is 3.77. The molecule has 0 radical (unpaired) electrons. The zero-order valence-corrected chi connectivity index (χ0v) is 7.12. The summed E-state index contributed by atoms with van der Waals surface area (Å²) in [7, 11) is 0. The standard InChI is InChI=1S/C9H14N2O/c10-9-4-2-6-1-3-7(12)5-8(6)11-9/h6,8H,1-5H2,(H2,10,11). The highest BCUT2D eigenvalue weighted by Crippen LogP contribution is 2.31. The predicted octanol–water partition coefficient (Wildman–Crippen LogP) is 0.875. The van der Waals surface area contributed by atoms with Crippen LogP contribution in [0.4, 0.5) is 0 Å². The van der Waals surface area contributed by atoms with Crippen molar-refractivity contribution in [3.8, 4) is 0 Å². The molecule has 1 fully saturated rings. The van der Waals surface area contributed by atoms with E-state index in [1.54, 1.807) is 0 Å². The summed E-state index contributed by atoms with van der Waals surface area (Å²) in [5.74, 6) is 1.73. The summed E-state index contributed by atoms with van der Waals surface area (Å²) in [6, 6.07) is 0.222. The molecule has 1 aliphatic carbocycles. The summed E-state index contributed by atoms with van der Waals surface area (Å²) < 4.78 is 0. The van der Waals surface area contributed by atoms with E-state index in [1.807, 2.05) is 0 Å². The van der Waals surface area contributed by atoms with Gasteiger partial charge < -0.3 is 5.73 Å². The summed E-state index contributed by atoms with van der Waals surface area (Å²) in [6.07, 6.45) is 4.48. The van der Waals surface area contributed by atoms with Gasteiger partial charge in [0.05, 0.1) is 11.9 Å². The molecule has 1 saturated carbocycles. The third-order valence-electron chi connectivity index (χ3n) is 2.88. The number of carbonyl (C=O) groups excluding carboxylic acids is 1. The Kier molecular flexibility index (Phi) is 1.87. The number of aliphatic imine (C=N–C) groups is 1. The van der Waals surface area contributed by atoms with Crippen LogP contribution in [-0.4, -0.2) is 17.7 Å². The van der Waals surface area contributed by atoms with E-state index in [0.717, 1.165) is 31.5 Å². The van der Waals surface area contributed by atoms with Crippen LogP contribution in [-0.2, 0) is 4.79 Å². The van der Waals surface area contributed by atoms with Gasteiger partial charge in [-0.25, -0.2) is 0 Å². The molecule has 0 bridgehead atoms. The largest absolute Gasteiger partial charge is 0.387 e. The molecule has 2 unspecified atom stereocenters. The van der Waals surface area contributed by atoms with Gasteiger partial charge in [0.1, 0.15) is 5.78 Å². The number of ketones is 1. The van der Waals surface area contributed by atoms with E-state index in [9.17, 15) is 4.79 Å². The van der Waals surface area contributed by atoms with Crippen LogP contribution in [0.25, 0.3) is 0 Å². The highest BCUT2D eigenvalue weighted by Gasteiger charge is 2.31. The molecule has 66 valence electrons. The van der Waals surface area contributed by atoms with E-state index in [1.165, 1.54) is 0 Å². The third kappa shape index (κ3) is 1.36. The average molecular weight is 166 g/mol. The van der Waals surface area contributed by atoms with Crippen molar-refractivity contribution >= 4 is 11.6 Å². The Balaban J connectivity index is 2.12. The van der Waals surface area contributed by atoms with Gasteiger partial charge >= 0.3 is 0 Å². The van der Waals surface area contributed by atoms with Crippen molar-refractivity contribution in [3.05, 3.63) is 0 Å². The Morgan fingerprint density at radius 1 is 1.33 bits per heavy atom. The normalized spacial score (nSPS) is 35.7. The fourth-order valence-corrected chi connectivity index (χ4v) is 2.14. The first-order valence-electron chi connectivity index (χ1n) is 4.59. The quantitative estimate of drug-likeness (QED) is 0.580. The molecular weight excluding hydrogens is 152 g/mol. The summed E-state index contributed by atoms with van der Waals surface area (Å²) in [5, 5.41) is 0. The maximum absolute atomic E-state index is 11.1. The number of nitrogens with zero attached hydrogens (tertiary/aromatic N) is 1. The van der Waals surface area contributed by atoms with Gasteiger partial charge in [-0.05, 0) is 18.8 Å². The minimum absolute atomic E-state index is 0.222. The average Bonchev–Trinajstić information content (AvgIpc) is 2.03. The lowest BCUT2D eigenvalue weighted by Crippen LogP contribution is -2.34. The molecule has 12 heavy (non-hydrogen) atoms. The van der Waals surface area contributed by atoms with Crippen LogP contribution in [0, 0.1) is 5.92 Å². The Bertz CT molecular complexity index is 235. The number of Topliss-reactive ketones (excluding diaryl/α,β-unsaturated/α-hetero) is 1. The number of nitrogens with two attached hydrogens (primary N) is 1. The summed E-state index contributed by atoms with van der Waals surface area (Å²) in [5.41, 5.74) is 5.63. The molecule has 3 nitrogen and oxygen atoms in total. The van der Waals surface area contributed by atoms with E-state index in [0.29, 0.717) is 18.1 Å². The highest BCUT2D eigenvalue weighted by molar-refractivity contribution is 5.84. The molecule has 1 aliphatic heterocycles. The molecule has 0 saturated heterocycles. The lowest BCUT2D eigenvalue weighted by Gasteiger charge is -2.31. The van der Waals surface area contributed by atoms with Crippen molar-refractivity contribution in [2.45, 2.75) is 38.1 Å². The molecule has 3 heteroatoms. The number of amidine groups is 1. The summed E-state index contributed by atoms with van der Waals surface area (Å²) >= 11 is 0. The summed E-state index contributed by atoms with van der Waals surface area (Å²) in [4.78, 5) is 15.4. The zero-order chi connectivity index (χ0) is 8.55. The van der Waals surface area contributed by atoms with E-state index >= 15 is 0 Å². The fourth-order valence-electron chi connectivity index (χ4n) is 2.14.